The third kappa shape index (κ3) is 5.92. The third-order valence-electron chi connectivity index (χ3n) is 5.31. The average Bonchev–Trinajstić information content (AvgIpc) is 3.18. The Morgan fingerprint density at radius 3 is 2.70 bits per heavy atom. The summed E-state index contributed by atoms with van der Waals surface area (Å²) >= 11 is 0. The molecule has 0 saturated carbocycles. The minimum atomic E-state index is -0.406. The first kappa shape index (κ1) is 21.5. The van der Waals surface area contributed by atoms with Crippen LogP contribution in [0.2, 0.25) is 0 Å². The second kappa shape index (κ2) is 10.0. The second-order valence-corrected chi connectivity index (χ2v) is 7.79. The van der Waals surface area contributed by atoms with Crippen molar-refractivity contribution in [2.24, 2.45) is 5.92 Å². The number of hydrogen-bond acceptors (Lipinski definition) is 5. The van der Waals surface area contributed by atoms with Crippen LogP contribution in [-0.2, 0) is 16.1 Å². The highest BCUT2D eigenvalue weighted by Crippen LogP contribution is 2.19. The fraction of sp³-hybridized carbons (Fsp3) is 0.455. The predicted molar refractivity (Wildman–Crippen MR) is 110 cm³/mol. The van der Waals surface area contributed by atoms with Crippen LogP contribution < -0.4 is 10.6 Å². The lowest BCUT2D eigenvalue weighted by Gasteiger charge is -2.24. The van der Waals surface area contributed by atoms with Crippen LogP contribution in [0.15, 0.2) is 40.9 Å². The van der Waals surface area contributed by atoms with E-state index in [9.17, 15) is 14.4 Å². The van der Waals surface area contributed by atoms with Gasteiger partial charge < -0.3 is 20.1 Å². The molecule has 0 bridgehead atoms. The van der Waals surface area contributed by atoms with E-state index in [1.54, 1.807) is 37.1 Å². The number of carbonyl (C=O) groups is 3. The highest BCUT2D eigenvalue weighted by Gasteiger charge is 2.27. The number of hydrogen-bond donors (Lipinski definition) is 2. The van der Waals surface area contributed by atoms with Crippen LogP contribution >= 0.6 is 0 Å². The van der Waals surface area contributed by atoms with Gasteiger partial charge in [-0.1, -0.05) is 29.8 Å². The topological polar surface area (TPSA) is 105 Å². The van der Waals surface area contributed by atoms with Gasteiger partial charge in [0, 0.05) is 43.6 Å². The maximum Gasteiger partial charge on any atom is 0.251 e. The van der Waals surface area contributed by atoms with E-state index in [4.69, 9.17) is 4.52 Å². The highest BCUT2D eigenvalue weighted by atomic mass is 16.5. The molecule has 2 unspecified atom stereocenters. The molecule has 1 aliphatic heterocycles. The van der Waals surface area contributed by atoms with Gasteiger partial charge in [0.15, 0.2) is 0 Å². The van der Waals surface area contributed by atoms with Crippen molar-refractivity contribution in [2.45, 2.75) is 45.2 Å². The number of carbonyl (C=O) groups excluding carboxylic acids is 3. The van der Waals surface area contributed by atoms with Crippen molar-refractivity contribution in [1.82, 2.24) is 20.7 Å². The van der Waals surface area contributed by atoms with E-state index >= 15 is 0 Å². The Labute approximate surface area is 176 Å². The standard InChI is InChI=1S/C22H28N4O4/c1-15-11-19(25-30-15)13-23-21(28)17-9-6-10-18(14-26(2)20(27)12-17)24-22(29)16-7-4-3-5-8-16/h3-5,7-8,11,17-18H,6,9-10,12-14H2,1-2H3,(H,23,28)(H,24,29). The number of nitrogens with one attached hydrogen (secondary N) is 2. The lowest BCUT2D eigenvalue weighted by molar-refractivity contribution is -0.135. The largest absolute Gasteiger partial charge is 0.361 e. The van der Waals surface area contributed by atoms with Gasteiger partial charge in [0.25, 0.3) is 5.91 Å². The molecule has 3 rings (SSSR count). The van der Waals surface area contributed by atoms with Crippen molar-refractivity contribution in [3.63, 3.8) is 0 Å². The zero-order valence-electron chi connectivity index (χ0n) is 17.4. The Balaban J connectivity index is 1.58. The number of benzene rings is 1. The van der Waals surface area contributed by atoms with Gasteiger partial charge in [-0.25, -0.2) is 0 Å². The molecule has 8 heteroatoms. The summed E-state index contributed by atoms with van der Waals surface area (Å²) in [5.74, 6) is -0.144. The lowest BCUT2D eigenvalue weighted by Crippen LogP contribution is -2.44. The smallest absolute Gasteiger partial charge is 0.251 e. The summed E-state index contributed by atoms with van der Waals surface area (Å²) in [5.41, 5.74) is 1.24. The number of amides is 3. The van der Waals surface area contributed by atoms with E-state index in [1.807, 2.05) is 18.2 Å². The molecule has 2 aromatic rings. The van der Waals surface area contributed by atoms with E-state index in [2.05, 4.69) is 15.8 Å². The van der Waals surface area contributed by atoms with Crippen molar-refractivity contribution in [2.75, 3.05) is 13.6 Å². The summed E-state index contributed by atoms with van der Waals surface area (Å²) < 4.78 is 5.01. The Morgan fingerprint density at radius 2 is 2.00 bits per heavy atom. The molecule has 0 radical (unpaired) electrons. The Bertz CT molecular complexity index is 880. The van der Waals surface area contributed by atoms with E-state index in [0.29, 0.717) is 36.4 Å². The first-order valence-corrected chi connectivity index (χ1v) is 10.2. The highest BCUT2D eigenvalue weighted by molar-refractivity contribution is 5.94. The van der Waals surface area contributed by atoms with Crippen molar-refractivity contribution < 1.29 is 18.9 Å². The summed E-state index contributed by atoms with van der Waals surface area (Å²) in [6.45, 7) is 2.48. The molecule has 1 fully saturated rings. The first-order valence-electron chi connectivity index (χ1n) is 10.2. The molecule has 0 spiro atoms. The van der Waals surface area contributed by atoms with E-state index < -0.39 is 5.92 Å². The number of likely N-dealkylation sites (N-methyl/N-ethyl adjacent to an activating group) is 1. The summed E-state index contributed by atoms with van der Waals surface area (Å²) in [5, 5.41) is 9.74. The number of aryl methyl sites for hydroxylation is 1. The van der Waals surface area contributed by atoms with Crippen LogP contribution in [0.5, 0.6) is 0 Å². The molecule has 1 aliphatic rings. The minimum Gasteiger partial charge on any atom is -0.361 e. The van der Waals surface area contributed by atoms with Gasteiger partial charge in [-0.3, -0.25) is 14.4 Å². The fourth-order valence-corrected chi connectivity index (χ4v) is 3.63. The maximum absolute atomic E-state index is 12.6. The molecule has 30 heavy (non-hydrogen) atoms. The van der Waals surface area contributed by atoms with Crippen molar-refractivity contribution in [1.29, 1.82) is 0 Å². The lowest BCUT2D eigenvalue weighted by atomic mass is 9.96. The predicted octanol–water partition coefficient (Wildman–Crippen LogP) is 2.05. The molecule has 2 N–H and O–H groups in total. The molecule has 0 aliphatic carbocycles. The van der Waals surface area contributed by atoms with E-state index in [-0.39, 0.29) is 36.7 Å². The molecule has 1 aromatic carbocycles. The summed E-state index contributed by atoms with van der Waals surface area (Å²) in [6, 6.07) is 10.6. The molecule has 1 saturated heterocycles. The summed E-state index contributed by atoms with van der Waals surface area (Å²) in [4.78, 5) is 39.3. The summed E-state index contributed by atoms with van der Waals surface area (Å²) in [7, 11) is 1.71. The molecule has 1 aromatic heterocycles. The van der Waals surface area contributed by atoms with Gasteiger partial charge in [0.2, 0.25) is 11.8 Å². The van der Waals surface area contributed by atoms with Crippen molar-refractivity contribution >= 4 is 17.7 Å². The Kier molecular flexibility index (Phi) is 7.21. The molecular weight excluding hydrogens is 384 g/mol. The Hall–Kier alpha value is -3.16. The van der Waals surface area contributed by atoms with E-state index in [1.165, 1.54) is 0 Å². The third-order valence-corrected chi connectivity index (χ3v) is 5.31. The quantitative estimate of drug-likeness (QED) is 0.782. The zero-order valence-corrected chi connectivity index (χ0v) is 17.4. The van der Waals surface area contributed by atoms with Gasteiger partial charge >= 0.3 is 0 Å². The van der Waals surface area contributed by atoms with Gasteiger partial charge in [0.05, 0.1) is 6.54 Å². The van der Waals surface area contributed by atoms with Crippen LogP contribution in [0.25, 0.3) is 0 Å². The molecule has 8 nitrogen and oxygen atoms in total. The number of rotatable bonds is 5. The van der Waals surface area contributed by atoms with Crippen molar-refractivity contribution in [3.8, 4) is 0 Å². The Morgan fingerprint density at radius 1 is 1.23 bits per heavy atom. The molecular formula is C22H28N4O4. The van der Waals surface area contributed by atoms with E-state index in [0.717, 1.165) is 6.42 Å². The van der Waals surface area contributed by atoms with Crippen LogP contribution in [0.4, 0.5) is 0 Å². The van der Waals surface area contributed by atoms with Crippen LogP contribution in [-0.4, -0.2) is 47.4 Å². The number of aromatic nitrogens is 1. The SMILES string of the molecule is Cc1cc(CNC(=O)C2CCCC(NC(=O)c3ccccc3)CN(C)C(=O)C2)no1. The average molecular weight is 412 g/mol. The van der Waals surface area contributed by atoms with Crippen LogP contribution in [0, 0.1) is 12.8 Å². The minimum absolute atomic E-state index is 0.103. The van der Waals surface area contributed by atoms with Crippen molar-refractivity contribution in [3.05, 3.63) is 53.4 Å². The molecule has 2 heterocycles. The summed E-state index contributed by atoms with van der Waals surface area (Å²) in [6.07, 6.45) is 2.17. The normalized spacial score (nSPS) is 20.1. The molecule has 160 valence electrons. The van der Waals surface area contributed by atoms with Crippen LogP contribution in [0.3, 0.4) is 0 Å². The monoisotopic (exact) mass is 412 g/mol. The van der Waals surface area contributed by atoms with Gasteiger partial charge in [-0.2, -0.15) is 0 Å². The maximum atomic E-state index is 12.6. The molecule has 3 amide bonds. The fourth-order valence-electron chi connectivity index (χ4n) is 3.63. The van der Waals surface area contributed by atoms with Gasteiger partial charge in [-0.15, -0.1) is 0 Å². The first-order chi connectivity index (χ1) is 14.4. The zero-order chi connectivity index (χ0) is 21.5. The van der Waals surface area contributed by atoms with Gasteiger partial charge in [-0.05, 0) is 31.9 Å². The van der Waals surface area contributed by atoms with Gasteiger partial charge in [0.1, 0.15) is 11.5 Å². The van der Waals surface area contributed by atoms with Crippen LogP contribution in [0.1, 0.15) is 47.5 Å². The number of nitrogens with zero attached hydrogens (tertiary/aromatic N) is 2. The molecule has 2 atom stereocenters. The second-order valence-electron chi connectivity index (χ2n) is 7.79.